The molecule has 0 radical (unpaired) electrons. The molecule has 116 valence electrons. The Bertz CT molecular complexity index is 617. The molecule has 0 fully saturated rings. The highest BCUT2D eigenvalue weighted by atomic mass is 15.1. The molecular formula is C18H26N4+2. The summed E-state index contributed by atoms with van der Waals surface area (Å²) in [5.41, 5.74) is 5.39. The molecule has 22 heavy (non-hydrogen) atoms. The lowest BCUT2D eigenvalue weighted by atomic mass is 10.1. The molecule has 1 aliphatic rings. The van der Waals surface area contributed by atoms with Crippen molar-refractivity contribution in [1.82, 2.24) is 0 Å². The second-order valence-corrected chi connectivity index (χ2v) is 6.43. The van der Waals surface area contributed by atoms with Gasteiger partial charge in [0.25, 0.3) is 0 Å². The van der Waals surface area contributed by atoms with Crippen molar-refractivity contribution in [1.29, 1.82) is 0 Å². The van der Waals surface area contributed by atoms with Gasteiger partial charge in [-0.05, 0) is 0 Å². The van der Waals surface area contributed by atoms with Gasteiger partial charge < -0.3 is 9.80 Å². The van der Waals surface area contributed by atoms with Crippen LogP contribution in [0.15, 0.2) is 36.7 Å². The topological polar surface area (TPSA) is 14.2 Å². The van der Waals surface area contributed by atoms with E-state index in [1.165, 1.54) is 22.8 Å². The van der Waals surface area contributed by atoms with Crippen LogP contribution in [0.3, 0.4) is 0 Å². The maximum Gasteiger partial charge on any atom is 0.189 e. The van der Waals surface area contributed by atoms with Crippen LogP contribution < -0.4 is 18.9 Å². The van der Waals surface area contributed by atoms with Gasteiger partial charge in [-0.1, -0.05) is 0 Å². The van der Waals surface area contributed by atoms with Crippen LogP contribution in [-0.2, 0) is 25.9 Å². The van der Waals surface area contributed by atoms with E-state index in [-0.39, 0.29) is 0 Å². The quantitative estimate of drug-likeness (QED) is 0.773. The van der Waals surface area contributed by atoms with Crippen LogP contribution in [0.25, 0.3) is 0 Å². The van der Waals surface area contributed by atoms with Crippen molar-refractivity contribution in [2.75, 3.05) is 38.0 Å². The highest BCUT2D eigenvalue weighted by Gasteiger charge is 2.22. The van der Waals surface area contributed by atoms with Gasteiger partial charge in [-0.2, -0.15) is 0 Å². The zero-order chi connectivity index (χ0) is 15.7. The first kappa shape index (κ1) is 14.8. The molecular weight excluding hydrogens is 272 g/mol. The fourth-order valence-electron chi connectivity index (χ4n) is 3.02. The van der Waals surface area contributed by atoms with E-state index in [1.807, 2.05) is 0 Å². The third-order valence-corrected chi connectivity index (χ3v) is 4.47. The zero-order valence-electron chi connectivity index (χ0n) is 14.1. The van der Waals surface area contributed by atoms with Gasteiger partial charge in [-0.25, -0.2) is 9.13 Å². The van der Waals surface area contributed by atoms with Gasteiger partial charge in [0, 0.05) is 63.8 Å². The molecule has 2 aromatic heterocycles. The number of aryl methyl sites for hydroxylation is 4. The first-order valence-electron chi connectivity index (χ1n) is 7.94. The van der Waals surface area contributed by atoms with Crippen LogP contribution in [0.2, 0.25) is 0 Å². The average molecular weight is 298 g/mol. The first-order chi connectivity index (χ1) is 10.5. The van der Waals surface area contributed by atoms with E-state index in [9.17, 15) is 0 Å². The lowest BCUT2D eigenvalue weighted by Crippen LogP contribution is -2.48. The van der Waals surface area contributed by atoms with Crippen LogP contribution in [-0.4, -0.2) is 28.2 Å². The van der Waals surface area contributed by atoms with Crippen molar-refractivity contribution in [3.05, 3.63) is 48.0 Å². The molecule has 0 atom stereocenters. The van der Waals surface area contributed by atoms with E-state index in [0.29, 0.717) is 0 Å². The monoisotopic (exact) mass is 298 g/mol. The molecule has 0 saturated heterocycles. The first-order valence-corrected chi connectivity index (χ1v) is 7.94. The lowest BCUT2D eigenvalue weighted by molar-refractivity contribution is -0.740. The van der Waals surface area contributed by atoms with E-state index in [2.05, 4.69) is 83.8 Å². The van der Waals surface area contributed by atoms with Crippen molar-refractivity contribution in [3.63, 3.8) is 0 Å². The molecule has 0 bridgehead atoms. The number of rotatable bonds is 2. The molecule has 1 aliphatic heterocycles. The molecule has 0 saturated carbocycles. The second kappa shape index (κ2) is 5.95. The third kappa shape index (κ3) is 2.91. The Labute approximate surface area is 133 Å². The van der Waals surface area contributed by atoms with E-state index < -0.39 is 0 Å². The molecule has 0 spiro atoms. The Balaban J connectivity index is 1.90. The molecule has 4 heteroatoms. The number of anilines is 2. The fourth-order valence-corrected chi connectivity index (χ4v) is 3.02. The number of fused-ring (bicyclic) bond motifs is 2. The van der Waals surface area contributed by atoms with Gasteiger partial charge in [0.1, 0.15) is 0 Å². The van der Waals surface area contributed by atoms with Gasteiger partial charge in [0.2, 0.25) is 0 Å². The third-order valence-electron chi connectivity index (χ3n) is 4.47. The lowest BCUT2D eigenvalue weighted by Gasteiger charge is -2.16. The largest absolute Gasteiger partial charge is 0.377 e. The van der Waals surface area contributed by atoms with Crippen LogP contribution in [0.1, 0.15) is 11.4 Å². The molecule has 0 N–H and O–H groups in total. The summed E-state index contributed by atoms with van der Waals surface area (Å²) < 4.78 is 4.80. The Morgan fingerprint density at radius 2 is 1.14 bits per heavy atom. The van der Waals surface area contributed by atoms with Gasteiger partial charge in [0.15, 0.2) is 36.9 Å². The van der Waals surface area contributed by atoms with Gasteiger partial charge in [0.05, 0.1) is 12.8 Å². The highest BCUT2D eigenvalue weighted by molar-refractivity contribution is 5.44. The molecule has 3 rings (SSSR count). The minimum Gasteiger partial charge on any atom is -0.377 e. The highest BCUT2D eigenvalue weighted by Crippen LogP contribution is 2.14. The van der Waals surface area contributed by atoms with Crippen molar-refractivity contribution in [3.8, 4) is 0 Å². The normalized spacial score (nSPS) is 13.6. The summed E-state index contributed by atoms with van der Waals surface area (Å²) >= 11 is 0. The molecule has 0 unspecified atom stereocenters. The number of aromatic nitrogens is 2. The number of nitrogens with zero attached hydrogens (tertiary/aromatic N) is 4. The summed E-state index contributed by atoms with van der Waals surface area (Å²) in [6.45, 7) is 2.08. The van der Waals surface area contributed by atoms with Crippen LogP contribution in [0, 0.1) is 0 Å². The standard InChI is InChI=1S/C18H26N4/c1-19(2)15-5-9-21-12-8-18-14-16(20(3)4)6-10-22(18)11-7-17(21)13-15/h5-6,9-10,13-14H,7-8,11-12H2,1-4H3/q+2. The minimum absolute atomic E-state index is 1.04. The summed E-state index contributed by atoms with van der Waals surface area (Å²) in [5.74, 6) is 0. The summed E-state index contributed by atoms with van der Waals surface area (Å²) in [5, 5.41) is 0. The Hall–Kier alpha value is -2.10. The van der Waals surface area contributed by atoms with Crippen LogP contribution >= 0.6 is 0 Å². The Morgan fingerprint density at radius 1 is 0.727 bits per heavy atom. The molecule has 3 heterocycles. The number of hydrogen-bond donors (Lipinski definition) is 0. The fraction of sp³-hybridized carbons (Fsp3) is 0.444. The number of pyridine rings is 2. The number of hydrogen-bond acceptors (Lipinski definition) is 2. The van der Waals surface area contributed by atoms with E-state index >= 15 is 0 Å². The summed E-state index contributed by atoms with van der Waals surface area (Å²) in [6.07, 6.45) is 6.60. The average Bonchev–Trinajstić information content (AvgIpc) is 2.48. The Morgan fingerprint density at radius 3 is 1.50 bits per heavy atom. The van der Waals surface area contributed by atoms with E-state index in [1.54, 1.807) is 0 Å². The second-order valence-electron chi connectivity index (χ2n) is 6.43. The molecule has 0 aromatic carbocycles. The van der Waals surface area contributed by atoms with Crippen LogP contribution in [0.5, 0.6) is 0 Å². The smallest absolute Gasteiger partial charge is 0.189 e. The molecule has 0 aliphatic carbocycles. The zero-order valence-corrected chi connectivity index (χ0v) is 14.1. The SMILES string of the molecule is CN(C)c1cc[n+]2c(c1)CC[n+]1ccc(N(C)C)cc1CC2. The predicted octanol–water partition coefficient (Wildman–Crippen LogP) is 1.19. The van der Waals surface area contributed by atoms with Gasteiger partial charge in [-0.3, -0.25) is 0 Å². The summed E-state index contributed by atoms with van der Waals surface area (Å²) in [6, 6.07) is 9.05. The maximum absolute atomic E-state index is 2.40. The predicted molar refractivity (Wildman–Crippen MR) is 89.3 cm³/mol. The minimum atomic E-state index is 1.04. The van der Waals surface area contributed by atoms with Crippen molar-refractivity contribution >= 4 is 11.4 Å². The van der Waals surface area contributed by atoms with Crippen molar-refractivity contribution in [2.24, 2.45) is 0 Å². The maximum atomic E-state index is 2.40. The van der Waals surface area contributed by atoms with Crippen molar-refractivity contribution in [2.45, 2.75) is 25.9 Å². The van der Waals surface area contributed by atoms with Crippen LogP contribution in [0.4, 0.5) is 11.4 Å². The van der Waals surface area contributed by atoms with E-state index in [0.717, 1.165) is 25.9 Å². The molecule has 2 aromatic rings. The summed E-state index contributed by atoms with van der Waals surface area (Å²) in [4.78, 5) is 4.34. The molecule has 0 amide bonds. The van der Waals surface area contributed by atoms with E-state index in [4.69, 9.17) is 0 Å². The van der Waals surface area contributed by atoms with Crippen molar-refractivity contribution < 1.29 is 9.13 Å². The Kier molecular flexibility index (Phi) is 4.01. The van der Waals surface area contributed by atoms with Gasteiger partial charge >= 0.3 is 0 Å². The summed E-state index contributed by atoms with van der Waals surface area (Å²) in [7, 11) is 8.40. The molecule has 4 nitrogen and oxygen atoms in total. The van der Waals surface area contributed by atoms with Gasteiger partial charge in [-0.15, -0.1) is 0 Å².